The Labute approximate surface area is 114 Å². The van der Waals surface area contributed by atoms with E-state index in [1.807, 2.05) is 0 Å². The summed E-state index contributed by atoms with van der Waals surface area (Å²) >= 11 is 0. The molecule has 0 saturated heterocycles. The third-order valence-electron chi connectivity index (χ3n) is 4.13. The van der Waals surface area contributed by atoms with E-state index in [0.29, 0.717) is 0 Å². The first-order valence-corrected chi connectivity index (χ1v) is 7.70. The molecule has 0 bridgehead atoms. The van der Waals surface area contributed by atoms with Crippen LogP contribution in [0, 0.1) is 5.92 Å². The van der Waals surface area contributed by atoms with Crippen LogP contribution in [0.4, 0.5) is 0 Å². The lowest BCUT2D eigenvalue weighted by Gasteiger charge is -2.24. The van der Waals surface area contributed by atoms with Gasteiger partial charge in [-0.1, -0.05) is 13.3 Å². The first-order chi connectivity index (χ1) is 8.63. The molecule has 18 heavy (non-hydrogen) atoms. The molecule has 0 aromatic carbocycles. The number of likely N-dealkylation sites (N-methyl/N-ethyl adjacent to an activating group) is 2. The molecule has 3 nitrogen and oxygen atoms in total. The van der Waals surface area contributed by atoms with E-state index in [9.17, 15) is 0 Å². The molecule has 1 rings (SSSR count). The Morgan fingerprint density at radius 2 is 1.83 bits per heavy atom. The van der Waals surface area contributed by atoms with Gasteiger partial charge < -0.3 is 15.1 Å². The van der Waals surface area contributed by atoms with Crippen molar-refractivity contribution in [1.82, 2.24) is 15.1 Å². The molecule has 1 saturated carbocycles. The van der Waals surface area contributed by atoms with Crippen molar-refractivity contribution in [2.75, 3.05) is 47.3 Å². The molecule has 0 spiro atoms. The standard InChI is InChI=1S/C15H33N3/c1-5-10-16-15-8-6-7-14(15)9-11-18(4)13-12-17(2)3/h14-16H,5-13H2,1-4H3. The summed E-state index contributed by atoms with van der Waals surface area (Å²) in [4.78, 5) is 4.74. The van der Waals surface area contributed by atoms with Crippen molar-refractivity contribution in [3.05, 3.63) is 0 Å². The van der Waals surface area contributed by atoms with Gasteiger partial charge in [0.2, 0.25) is 0 Å². The number of hydrogen-bond donors (Lipinski definition) is 1. The van der Waals surface area contributed by atoms with Crippen LogP contribution in [0.25, 0.3) is 0 Å². The molecular formula is C15H33N3. The predicted molar refractivity (Wildman–Crippen MR) is 80.1 cm³/mol. The minimum atomic E-state index is 0.798. The zero-order valence-corrected chi connectivity index (χ0v) is 12.9. The van der Waals surface area contributed by atoms with Gasteiger partial charge in [-0.05, 0) is 65.8 Å². The molecule has 0 radical (unpaired) electrons. The summed E-state index contributed by atoms with van der Waals surface area (Å²) in [7, 11) is 6.55. The number of rotatable bonds is 9. The lowest BCUT2D eigenvalue weighted by atomic mass is 9.99. The molecule has 2 atom stereocenters. The quantitative estimate of drug-likeness (QED) is 0.680. The lowest BCUT2D eigenvalue weighted by molar-refractivity contribution is 0.253. The van der Waals surface area contributed by atoms with E-state index < -0.39 is 0 Å². The Morgan fingerprint density at radius 1 is 1.06 bits per heavy atom. The van der Waals surface area contributed by atoms with Crippen LogP contribution in [0.1, 0.15) is 39.0 Å². The van der Waals surface area contributed by atoms with Crippen molar-refractivity contribution in [2.24, 2.45) is 5.92 Å². The molecule has 1 N–H and O–H groups in total. The predicted octanol–water partition coefficient (Wildman–Crippen LogP) is 2.04. The summed E-state index contributed by atoms with van der Waals surface area (Å²) in [6.45, 7) is 7.05. The summed E-state index contributed by atoms with van der Waals surface area (Å²) in [5.74, 6) is 0.915. The van der Waals surface area contributed by atoms with E-state index in [4.69, 9.17) is 0 Å². The first kappa shape index (κ1) is 15.9. The maximum atomic E-state index is 3.73. The van der Waals surface area contributed by atoms with Gasteiger partial charge in [0.05, 0.1) is 0 Å². The third-order valence-corrected chi connectivity index (χ3v) is 4.13. The van der Waals surface area contributed by atoms with Crippen LogP contribution in [-0.4, -0.2) is 63.2 Å². The van der Waals surface area contributed by atoms with Gasteiger partial charge >= 0.3 is 0 Å². The Balaban J connectivity index is 2.16. The van der Waals surface area contributed by atoms with Crippen LogP contribution in [0.5, 0.6) is 0 Å². The van der Waals surface area contributed by atoms with Gasteiger partial charge in [0.25, 0.3) is 0 Å². The lowest BCUT2D eigenvalue weighted by Crippen LogP contribution is -2.35. The highest BCUT2D eigenvalue weighted by Gasteiger charge is 2.26. The van der Waals surface area contributed by atoms with E-state index in [1.165, 1.54) is 58.3 Å². The van der Waals surface area contributed by atoms with Gasteiger partial charge in [0.1, 0.15) is 0 Å². The van der Waals surface area contributed by atoms with Crippen LogP contribution in [-0.2, 0) is 0 Å². The van der Waals surface area contributed by atoms with Crippen LogP contribution in [0.2, 0.25) is 0 Å². The minimum Gasteiger partial charge on any atom is -0.314 e. The molecule has 3 heteroatoms. The molecule has 0 amide bonds. The highest BCUT2D eigenvalue weighted by molar-refractivity contribution is 4.83. The molecule has 0 heterocycles. The van der Waals surface area contributed by atoms with Crippen LogP contribution >= 0.6 is 0 Å². The fourth-order valence-corrected chi connectivity index (χ4v) is 2.85. The summed E-state index contributed by atoms with van der Waals surface area (Å²) in [6, 6.07) is 0.798. The van der Waals surface area contributed by atoms with Crippen molar-refractivity contribution in [1.29, 1.82) is 0 Å². The molecule has 0 aliphatic heterocycles. The normalized spacial score (nSPS) is 24.3. The minimum absolute atomic E-state index is 0.798. The zero-order valence-electron chi connectivity index (χ0n) is 12.9. The van der Waals surface area contributed by atoms with Crippen molar-refractivity contribution < 1.29 is 0 Å². The second kappa shape index (κ2) is 8.89. The summed E-state index contributed by atoms with van der Waals surface area (Å²) in [5.41, 5.74) is 0. The fourth-order valence-electron chi connectivity index (χ4n) is 2.85. The summed E-state index contributed by atoms with van der Waals surface area (Å²) in [6.07, 6.45) is 6.87. The fraction of sp³-hybridized carbons (Fsp3) is 1.00. The number of hydrogen-bond acceptors (Lipinski definition) is 3. The maximum Gasteiger partial charge on any atom is 0.0106 e. The molecule has 1 aliphatic carbocycles. The van der Waals surface area contributed by atoms with Gasteiger partial charge in [-0.25, -0.2) is 0 Å². The topological polar surface area (TPSA) is 18.5 Å². The average molecular weight is 255 g/mol. The summed E-state index contributed by atoms with van der Waals surface area (Å²) < 4.78 is 0. The van der Waals surface area contributed by atoms with E-state index in [2.05, 4.69) is 43.2 Å². The van der Waals surface area contributed by atoms with Gasteiger partial charge in [0.15, 0.2) is 0 Å². The first-order valence-electron chi connectivity index (χ1n) is 7.70. The highest BCUT2D eigenvalue weighted by Crippen LogP contribution is 2.28. The van der Waals surface area contributed by atoms with Crippen molar-refractivity contribution in [3.63, 3.8) is 0 Å². The van der Waals surface area contributed by atoms with Crippen LogP contribution < -0.4 is 5.32 Å². The van der Waals surface area contributed by atoms with E-state index in [-0.39, 0.29) is 0 Å². The van der Waals surface area contributed by atoms with E-state index >= 15 is 0 Å². The largest absolute Gasteiger partial charge is 0.314 e. The average Bonchev–Trinajstić information content (AvgIpc) is 2.78. The Kier molecular flexibility index (Phi) is 7.87. The van der Waals surface area contributed by atoms with Crippen molar-refractivity contribution >= 4 is 0 Å². The smallest absolute Gasteiger partial charge is 0.0106 e. The van der Waals surface area contributed by atoms with Gasteiger partial charge in [-0.3, -0.25) is 0 Å². The van der Waals surface area contributed by atoms with Crippen LogP contribution in [0.15, 0.2) is 0 Å². The molecule has 0 aromatic rings. The molecule has 2 unspecified atom stereocenters. The maximum absolute atomic E-state index is 3.73. The Bertz CT molecular complexity index is 206. The summed E-state index contributed by atoms with van der Waals surface area (Å²) in [5, 5.41) is 3.73. The monoisotopic (exact) mass is 255 g/mol. The second-order valence-electron chi connectivity index (χ2n) is 6.15. The van der Waals surface area contributed by atoms with E-state index in [0.717, 1.165) is 12.0 Å². The number of nitrogens with one attached hydrogen (secondary N) is 1. The highest BCUT2D eigenvalue weighted by atomic mass is 15.1. The molecule has 1 fully saturated rings. The van der Waals surface area contributed by atoms with Crippen molar-refractivity contribution in [3.8, 4) is 0 Å². The molecule has 1 aliphatic rings. The SMILES string of the molecule is CCCNC1CCCC1CCN(C)CCN(C)C. The number of nitrogens with zero attached hydrogens (tertiary/aromatic N) is 2. The second-order valence-corrected chi connectivity index (χ2v) is 6.15. The van der Waals surface area contributed by atoms with Gasteiger partial charge in [-0.2, -0.15) is 0 Å². The molecule has 0 aromatic heterocycles. The zero-order chi connectivity index (χ0) is 13.4. The Morgan fingerprint density at radius 3 is 2.50 bits per heavy atom. The van der Waals surface area contributed by atoms with Crippen molar-refractivity contribution in [2.45, 2.75) is 45.1 Å². The van der Waals surface area contributed by atoms with Gasteiger partial charge in [0, 0.05) is 19.1 Å². The molecular weight excluding hydrogens is 222 g/mol. The van der Waals surface area contributed by atoms with Gasteiger partial charge in [-0.15, -0.1) is 0 Å². The van der Waals surface area contributed by atoms with E-state index in [1.54, 1.807) is 0 Å². The third kappa shape index (κ3) is 6.17. The van der Waals surface area contributed by atoms with Crippen LogP contribution in [0.3, 0.4) is 0 Å². The Hall–Kier alpha value is -0.120. The molecule has 108 valence electrons.